The van der Waals surface area contributed by atoms with Gasteiger partial charge in [-0.1, -0.05) is 91.0 Å². The molecule has 3 atom stereocenters. The Labute approximate surface area is 194 Å². The lowest BCUT2D eigenvalue weighted by Gasteiger charge is -2.41. The van der Waals surface area contributed by atoms with Crippen molar-refractivity contribution >= 4 is 23.1 Å². The van der Waals surface area contributed by atoms with E-state index in [1.807, 2.05) is 0 Å². The van der Waals surface area contributed by atoms with E-state index in [1.165, 1.54) is 78.9 Å². The zero-order chi connectivity index (χ0) is 24.9. The van der Waals surface area contributed by atoms with E-state index < -0.39 is 47.0 Å². The Hall–Kier alpha value is -3.82. The monoisotopic (exact) mass is 462 g/mol. The van der Waals surface area contributed by atoms with Gasteiger partial charge in [-0.3, -0.25) is 19.2 Å². The van der Waals surface area contributed by atoms with Crippen molar-refractivity contribution in [1.29, 1.82) is 0 Å². The molecule has 0 fully saturated rings. The minimum Gasteiger partial charge on any atom is -0.394 e. The van der Waals surface area contributed by atoms with Crippen molar-refractivity contribution in [2.75, 3.05) is 6.61 Å². The van der Waals surface area contributed by atoms with Crippen LogP contribution in [-0.4, -0.2) is 67.5 Å². The summed E-state index contributed by atoms with van der Waals surface area (Å²) in [6.45, 7) is -1.31. The number of aliphatic hydroxyl groups excluding tert-OH is 2. The normalized spacial score (nSPS) is 15.4. The van der Waals surface area contributed by atoms with Crippen molar-refractivity contribution in [2.24, 2.45) is 0 Å². The van der Waals surface area contributed by atoms with E-state index in [-0.39, 0.29) is 16.7 Å². The van der Waals surface area contributed by atoms with Crippen LogP contribution in [0.5, 0.6) is 0 Å². The predicted molar refractivity (Wildman–Crippen MR) is 120 cm³/mol. The first-order valence-corrected chi connectivity index (χ1v) is 10.3. The zero-order valence-electron chi connectivity index (χ0n) is 17.9. The van der Waals surface area contributed by atoms with Crippen molar-refractivity contribution in [2.45, 2.75) is 17.3 Å². The third kappa shape index (κ3) is 4.11. The molecule has 34 heavy (non-hydrogen) atoms. The average Bonchev–Trinajstić information content (AvgIpc) is 2.91. The van der Waals surface area contributed by atoms with Gasteiger partial charge in [0.05, 0.1) is 6.61 Å². The largest absolute Gasteiger partial charge is 0.394 e. The molecule has 3 rings (SSSR count). The Morgan fingerprint density at radius 3 is 1.44 bits per heavy atom. The fourth-order valence-electron chi connectivity index (χ4n) is 3.63. The number of ketones is 4. The van der Waals surface area contributed by atoms with Crippen LogP contribution in [-0.2, 0) is 4.79 Å². The highest BCUT2D eigenvalue weighted by molar-refractivity contribution is 6.52. The maximum absolute atomic E-state index is 13.5. The molecule has 0 saturated heterocycles. The predicted octanol–water partition coefficient (Wildman–Crippen LogP) is 1.02. The summed E-state index contributed by atoms with van der Waals surface area (Å²) in [5.74, 6) is -6.15. The van der Waals surface area contributed by atoms with E-state index >= 15 is 0 Å². The zero-order valence-corrected chi connectivity index (χ0v) is 17.9. The molecule has 0 unspecified atom stereocenters. The van der Waals surface area contributed by atoms with Gasteiger partial charge in [0.2, 0.25) is 28.7 Å². The third-order valence-electron chi connectivity index (χ3n) is 5.52. The van der Waals surface area contributed by atoms with Crippen molar-refractivity contribution < 1.29 is 39.6 Å². The SMILES string of the molecule is O=C(C(=O)[C@@](O)(C(=O)c1ccccc1)[C@@](O)(C(=O)c1ccccc1)[C@@H](O)CO)c1ccccc1. The summed E-state index contributed by atoms with van der Waals surface area (Å²) in [7, 11) is 0. The average molecular weight is 462 g/mol. The Morgan fingerprint density at radius 1 is 0.647 bits per heavy atom. The molecule has 0 radical (unpaired) electrons. The number of Topliss-reactive ketones (excluding diaryl/α,β-unsaturated/α-hetero) is 4. The van der Waals surface area contributed by atoms with Crippen molar-refractivity contribution in [3.05, 3.63) is 108 Å². The van der Waals surface area contributed by atoms with Gasteiger partial charge in [0, 0.05) is 16.7 Å². The lowest BCUT2D eigenvalue weighted by molar-refractivity contribution is -0.171. The molecule has 3 aromatic rings. The van der Waals surface area contributed by atoms with Crippen LogP contribution in [0.4, 0.5) is 0 Å². The van der Waals surface area contributed by atoms with Gasteiger partial charge in [-0.2, -0.15) is 0 Å². The topological polar surface area (TPSA) is 149 Å². The minimum absolute atomic E-state index is 0.222. The van der Waals surface area contributed by atoms with Crippen LogP contribution >= 0.6 is 0 Å². The van der Waals surface area contributed by atoms with Gasteiger partial charge in [-0.15, -0.1) is 0 Å². The summed E-state index contributed by atoms with van der Waals surface area (Å²) in [5, 5.41) is 43.3. The van der Waals surface area contributed by atoms with Crippen LogP contribution in [0, 0.1) is 0 Å². The molecular weight excluding hydrogens is 440 g/mol. The van der Waals surface area contributed by atoms with Gasteiger partial charge in [-0.25, -0.2) is 0 Å². The fourth-order valence-corrected chi connectivity index (χ4v) is 3.63. The molecule has 0 spiro atoms. The molecule has 0 heterocycles. The highest BCUT2D eigenvalue weighted by atomic mass is 16.4. The molecule has 8 nitrogen and oxygen atoms in total. The van der Waals surface area contributed by atoms with Gasteiger partial charge in [0.15, 0.2) is 5.60 Å². The number of hydrogen-bond donors (Lipinski definition) is 4. The van der Waals surface area contributed by atoms with E-state index in [4.69, 9.17) is 0 Å². The number of hydrogen-bond acceptors (Lipinski definition) is 8. The molecule has 0 bridgehead atoms. The van der Waals surface area contributed by atoms with E-state index in [9.17, 15) is 39.6 Å². The second-order valence-electron chi connectivity index (χ2n) is 7.59. The molecule has 3 aromatic carbocycles. The van der Waals surface area contributed by atoms with Gasteiger partial charge in [-0.05, 0) is 0 Å². The summed E-state index contributed by atoms with van der Waals surface area (Å²) < 4.78 is 0. The van der Waals surface area contributed by atoms with Crippen LogP contribution in [0.2, 0.25) is 0 Å². The molecular formula is C26H22O8. The quantitative estimate of drug-likeness (QED) is 0.198. The van der Waals surface area contributed by atoms with Gasteiger partial charge < -0.3 is 20.4 Å². The number of aliphatic hydroxyl groups is 4. The Morgan fingerprint density at radius 2 is 1.03 bits per heavy atom. The second kappa shape index (κ2) is 9.98. The summed E-state index contributed by atoms with van der Waals surface area (Å²) in [6, 6.07) is 20.5. The van der Waals surface area contributed by atoms with Crippen LogP contribution in [0.1, 0.15) is 31.1 Å². The van der Waals surface area contributed by atoms with Crippen molar-refractivity contribution in [3.63, 3.8) is 0 Å². The van der Waals surface area contributed by atoms with E-state index in [1.54, 1.807) is 12.1 Å². The van der Waals surface area contributed by atoms with Gasteiger partial charge in [0.25, 0.3) is 0 Å². The highest BCUT2D eigenvalue weighted by Gasteiger charge is 2.68. The van der Waals surface area contributed by atoms with Crippen LogP contribution in [0.25, 0.3) is 0 Å². The number of carbonyl (C=O) groups excluding carboxylic acids is 4. The molecule has 0 aliphatic rings. The summed E-state index contributed by atoms with van der Waals surface area (Å²) in [5.41, 5.74) is -8.21. The van der Waals surface area contributed by atoms with Crippen LogP contribution in [0.15, 0.2) is 91.0 Å². The number of carbonyl (C=O) groups is 4. The van der Waals surface area contributed by atoms with E-state index in [2.05, 4.69) is 0 Å². The molecule has 0 amide bonds. The molecule has 0 aliphatic carbocycles. The first-order valence-electron chi connectivity index (χ1n) is 10.3. The Bertz CT molecular complexity index is 1190. The molecule has 0 saturated carbocycles. The summed E-state index contributed by atoms with van der Waals surface area (Å²) in [6.07, 6.45) is -2.51. The number of rotatable bonds is 10. The smallest absolute Gasteiger partial charge is 0.246 e. The number of benzene rings is 3. The third-order valence-corrected chi connectivity index (χ3v) is 5.52. The Balaban J connectivity index is 2.29. The summed E-state index contributed by atoms with van der Waals surface area (Å²) >= 11 is 0. The van der Waals surface area contributed by atoms with E-state index in [0.29, 0.717) is 0 Å². The highest BCUT2D eigenvalue weighted by Crippen LogP contribution is 2.35. The fraction of sp³-hybridized carbons (Fsp3) is 0.154. The lowest BCUT2D eigenvalue weighted by atomic mass is 9.67. The summed E-state index contributed by atoms with van der Waals surface area (Å²) in [4.78, 5) is 53.4. The molecule has 174 valence electrons. The van der Waals surface area contributed by atoms with E-state index in [0.717, 1.165) is 0 Å². The molecule has 4 N–H and O–H groups in total. The van der Waals surface area contributed by atoms with Crippen LogP contribution in [0.3, 0.4) is 0 Å². The first kappa shape index (κ1) is 24.8. The van der Waals surface area contributed by atoms with Gasteiger partial charge >= 0.3 is 0 Å². The van der Waals surface area contributed by atoms with Crippen LogP contribution < -0.4 is 0 Å². The van der Waals surface area contributed by atoms with Gasteiger partial charge in [0.1, 0.15) is 6.10 Å². The lowest BCUT2D eigenvalue weighted by Crippen LogP contribution is -2.74. The Kier molecular flexibility index (Phi) is 7.29. The molecule has 8 heteroatoms. The molecule has 0 aromatic heterocycles. The first-order chi connectivity index (χ1) is 16.2. The van der Waals surface area contributed by atoms with Crippen molar-refractivity contribution in [1.82, 2.24) is 0 Å². The minimum atomic E-state index is -3.78. The maximum atomic E-state index is 13.5. The second-order valence-corrected chi connectivity index (χ2v) is 7.59. The standard InChI is InChI=1S/C26H22O8/c27-16-20(28)25(33,22(30)18-12-6-2-7-13-18)26(34,23(31)19-14-8-3-9-15-19)24(32)21(29)17-10-4-1-5-11-17/h1-15,20,27-28,33-34H,16H2/t20-,25-,26-/m0/s1. The maximum Gasteiger partial charge on any atom is 0.246 e. The van der Waals surface area contributed by atoms with Crippen molar-refractivity contribution in [3.8, 4) is 0 Å². The molecule has 0 aliphatic heterocycles.